The summed E-state index contributed by atoms with van der Waals surface area (Å²) in [4.78, 5) is 12.8. The molecule has 0 radical (unpaired) electrons. The van der Waals surface area contributed by atoms with Crippen LogP contribution in [0.15, 0.2) is 71.6 Å². The number of carbonyl (C=O) groups is 1. The van der Waals surface area contributed by atoms with Crippen LogP contribution in [0, 0.1) is 11.7 Å². The highest BCUT2D eigenvalue weighted by molar-refractivity contribution is 7.89. The molecule has 0 heterocycles. The van der Waals surface area contributed by atoms with Crippen LogP contribution in [0.3, 0.4) is 0 Å². The Morgan fingerprint density at radius 2 is 1.63 bits per heavy atom. The first-order valence-corrected chi connectivity index (χ1v) is 11.3. The Balaban J connectivity index is 1.68. The van der Waals surface area contributed by atoms with Crippen molar-refractivity contribution < 1.29 is 17.6 Å². The van der Waals surface area contributed by atoms with E-state index in [1.807, 2.05) is 24.3 Å². The zero-order valence-electron chi connectivity index (χ0n) is 16.9. The van der Waals surface area contributed by atoms with E-state index in [4.69, 9.17) is 0 Å². The Labute approximate surface area is 176 Å². The fourth-order valence-corrected chi connectivity index (χ4v) is 4.53. The van der Waals surface area contributed by atoms with Gasteiger partial charge in [0.2, 0.25) is 15.9 Å². The number of hydrogen-bond acceptors (Lipinski definition) is 3. The molecule has 5 nitrogen and oxygen atoms in total. The average Bonchev–Trinajstić information content (AvgIpc) is 2.73. The largest absolute Gasteiger partial charge is 0.354 e. The highest BCUT2D eigenvalue weighted by Gasteiger charge is 2.28. The predicted molar refractivity (Wildman–Crippen MR) is 116 cm³/mol. The lowest BCUT2D eigenvalue weighted by atomic mass is 10.0. The lowest BCUT2D eigenvalue weighted by Crippen LogP contribution is -2.49. The van der Waals surface area contributed by atoms with Crippen molar-refractivity contribution in [1.82, 2.24) is 10.0 Å². The highest BCUT2D eigenvalue weighted by Crippen LogP contribution is 2.19. The fraction of sp³-hybridized carbons (Fsp3) is 0.261. The average molecular weight is 429 g/mol. The Kier molecular flexibility index (Phi) is 6.84. The van der Waals surface area contributed by atoms with Crippen molar-refractivity contribution in [2.75, 3.05) is 6.54 Å². The summed E-state index contributed by atoms with van der Waals surface area (Å²) in [6.07, 6.45) is 0.522. The lowest BCUT2D eigenvalue weighted by Gasteiger charge is -2.22. The molecule has 7 heteroatoms. The second-order valence-electron chi connectivity index (χ2n) is 7.52. The first kappa shape index (κ1) is 21.9. The van der Waals surface area contributed by atoms with E-state index in [9.17, 15) is 17.6 Å². The lowest BCUT2D eigenvalue weighted by molar-refractivity contribution is -0.123. The molecule has 0 saturated carbocycles. The van der Waals surface area contributed by atoms with E-state index in [1.165, 1.54) is 18.2 Å². The number of rotatable bonds is 8. The van der Waals surface area contributed by atoms with E-state index in [-0.39, 0.29) is 16.6 Å². The fourth-order valence-electron chi connectivity index (χ4n) is 3.15. The Morgan fingerprint density at radius 1 is 0.967 bits per heavy atom. The second kappa shape index (κ2) is 9.36. The van der Waals surface area contributed by atoms with Crippen LogP contribution >= 0.6 is 0 Å². The van der Waals surface area contributed by atoms with Crippen molar-refractivity contribution in [2.45, 2.75) is 31.2 Å². The molecule has 3 aromatic carbocycles. The van der Waals surface area contributed by atoms with Crippen LogP contribution < -0.4 is 10.0 Å². The highest BCUT2D eigenvalue weighted by atomic mass is 32.2. The van der Waals surface area contributed by atoms with Gasteiger partial charge in [-0.15, -0.1) is 0 Å². The zero-order valence-corrected chi connectivity index (χ0v) is 17.7. The molecule has 30 heavy (non-hydrogen) atoms. The molecule has 1 amide bonds. The second-order valence-corrected chi connectivity index (χ2v) is 9.23. The quantitative estimate of drug-likeness (QED) is 0.575. The summed E-state index contributed by atoms with van der Waals surface area (Å²) in [7, 11) is -3.88. The number of benzene rings is 3. The maximum atomic E-state index is 13.0. The Morgan fingerprint density at radius 3 is 2.30 bits per heavy atom. The van der Waals surface area contributed by atoms with E-state index in [2.05, 4.69) is 10.0 Å². The molecule has 0 bridgehead atoms. The maximum Gasteiger partial charge on any atom is 0.241 e. The van der Waals surface area contributed by atoms with Crippen molar-refractivity contribution >= 4 is 26.7 Å². The predicted octanol–water partition coefficient (Wildman–Crippen LogP) is 3.64. The van der Waals surface area contributed by atoms with Gasteiger partial charge in [-0.05, 0) is 52.9 Å². The molecule has 0 aliphatic rings. The molecule has 3 rings (SSSR count). The molecule has 0 saturated heterocycles. The van der Waals surface area contributed by atoms with Crippen molar-refractivity contribution in [3.63, 3.8) is 0 Å². The molecular formula is C23H25FN2O3S. The number of amides is 1. The van der Waals surface area contributed by atoms with Crippen molar-refractivity contribution in [3.05, 3.63) is 78.1 Å². The van der Waals surface area contributed by atoms with Gasteiger partial charge in [-0.2, -0.15) is 4.72 Å². The molecule has 0 aliphatic heterocycles. The standard InChI is InChI=1S/C23H25FN2O3S/c1-16(2)22(23(27)25-14-13-17-7-10-20(24)11-8-17)26-30(28,29)21-12-9-18-5-3-4-6-19(18)15-21/h3-12,15-16,22,26H,13-14H2,1-2H3,(H,25,27). The van der Waals surface area contributed by atoms with Gasteiger partial charge >= 0.3 is 0 Å². The number of carbonyl (C=O) groups excluding carboxylic acids is 1. The van der Waals surface area contributed by atoms with Crippen LogP contribution in [-0.4, -0.2) is 26.9 Å². The van der Waals surface area contributed by atoms with Gasteiger partial charge in [-0.3, -0.25) is 4.79 Å². The minimum absolute atomic E-state index is 0.117. The van der Waals surface area contributed by atoms with E-state index < -0.39 is 22.0 Å². The third-order valence-electron chi connectivity index (χ3n) is 4.89. The third kappa shape index (κ3) is 5.43. The van der Waals surface area contributed by atoms with Crippen LogP contribution in [0.2, 0.25) is 0 Å². The SMILES string of the molecule is CC(C)C(NS(=O)(=O)c1ccc2ccccc2c1)C(=O)NCCc1ccc(F)cc1. The van der Waals surface area contributed by atoms with Crippen LogP contribution in [0.1, 0.15) is 19.4 Å². The smallest absolute Gasteiger partial charge is 0.241 e. The topological polar surface area (TPSA) is 75.3 Å². The van der Waals surface area contributed by atoms with Gasteiger partial charge in [-0.25, -0.2) is 12.8 Å². The van der Waals surface area contributed by atoms with Gasteiger partial charge < -0.3 is 5.32 Å². The van der Waals surface area contributed by atoms with Gasteiger partial charge in [0, 0.05) is 6.54 Å². The van der Waals surface area contributed by atoms with Gasteiger partial charge in [0.1, 0.15) is 11.9 Å². The summed E-state index contributed by atoms with van der Waals surface area (Å²) in [5.74, 6) is -0.951. The molecule has 0 fully saturated rings. The minimum atomic E-state index is -3.88. The summed E-state index contributed by atoms with van der Waals surface area (Å²) < 4.78 is 41.3. The summed E-state index contributed by atoms with van der Waals surface area (Å²) >= 11 is 0. The van der Waals surface area contributed by atoms with Crippen LogP contribution in [0.4, 0.5) is 4.39 Å². The Bertz CT molecular complexity index is 1130. The molecule has 2 N–H and O–H groups in total. The van der Waals surface area contributed by atoms with Gasteiger partial charge in [0.15, 0.2) is 0 Å². The van der Waals surface area contributed by atoms with Gasteiger partial charge in [0.05, 0.1) is 4.90 Å². The van der Waals surface area contributed by atoms with Gasteiger partial charge in [0.25, 0.3) is 0 Å². The summed E-state index contributed by atoms with van der Waals surface area (Å²) in [5, 5.41) is 4.52. The zero-order chi connectivity index (χ0) is 21.7. The number of hydrogen-bond donors (Lipinski definition) is 2. The molecule has 3 aromatic rings. The summed E-state index contributed by atoms with van der Waals surface area (Å²) in [6.45, 7) is 3.89. The number of nitrogens with one attached hydrogen (secondary N) is 2. The van der Waals surface area contributed by atoms with Crippen LogP contribution in [-0.2, 0) is 21.2 Å². The Hall–Kier alpha value is -2.77. The number of fused-ring (bicyclic) bond motifs is 1. The van der Waals surface area contributed by atoms with Crippen LogP contribution in [0.25, 0.3) is 10.8 Å². The van der Waals surface area contributed by atoms with Crippen LogP contribution in [0.5, 0.6) is 0 Å². The molecule has 0 aliphatic carbocycles. The van der Waals surface area contributed by atoms with Crippen molar-refractivity contribution in [2.24, 2.45) is 5.92 Å². The molecule has 1 atom stereocenters. The normalized spacial score (nSPS) is 12.8. The third-order valence-corrected chi connectivity index (χ3v) is 6.33. The molecule has 158 valence electrons. The van der Waals surface area contributed by atoms with E-state index >= 15 is 0 Å². The monoisotopic (exact) mass is 428 g/mol. The van der Waals surface area contributed by atoms with E-state index in [1.54, 1.807) is 38.1 Å². The summed E-state index contributed by atoms with van der Waals surface area (Å²) in [6, 6.07) is 17.5. The first-order chi connectivity index (χ1) is 14.3. The molecule has 1 unspecified atom stereocenters. The van der Waals surface area contributed by atoms with E-state index in [0.29, 0.717) is 13.0 Å². The van der Waals surface area contributed by atoms with Crippen molar-refractivity contribution in [1.29, 1.82) is 0 Å². The first-order valence-electron chi connectivity index (χ1n) is 9.79. The molecule has 0 spiro atoms. The number of halogens is 1. The molecular weight excluding hydrogens is 403 g/mol. The number of sulfonamides is 1. The maximum absolute atomic E-state index is 13.0. The molecule has 0 aromatic heterocycles. The van der Waals surface area contributed by atoms with Gasteiger partial charge in [-0.1, -0.05) is 56.3 Å². The minimum Gasteiger partial charge on any atom is -0.354 e. The van der Waals surface area contributed by atoms with Crippen molar-refractivity contribution in [3.8, 4) is 0 Å². The summed E-state index contributed by atoms with van der Waals surface area (Å²) in [5.41, 5.74) is 0.884. The van der Waals surface area contributed by atoms with E-state index in [0.717, 1.165) is 16.3 Å².